The molecule has 0 spiro atoms. The van der Waals surface area contributed by atoms with Crippen LogP contribution in [0.5, 0.6) is 0 Å². The third-order valence-corrected chi connectivity index (χ3v) is 4.03. The van der Waals surface area contributed by atoms with Gasteiger partial charge in [0.05, 0.1) is 10.7 Å². The molecule has 2 rings (SSSR count). The highest BCUT2D eigenvalue weighted by Crippen LogP contribution is 2.25. The lowest BCUT2D eigenvalue weighted by atomic mass is 10.1. The molecule has 1 aromatic rings. The van der Waals surface area contributed by atoms with Crippen molar-refractivity contribution in [3.05, 3.63) is 28.8 Å². The summed E-state index contributed by atoms with van der Waals surface area (Å²) in [4.78, 5) is 26.3. The van der Waals surface area contributed by atoms with Crippen molar-refractivity contribution < 1.29 is 9.59 Å². The molecule has 114 valence electrons. The Bertz CT molecular complexity index is 557. The Morgan fingerprint density at radius 3 is 2.71 bits per heavy atom. The molecule has 0 radical (unpaired) electrons. The van der Waals surface area contributed by atoms with E-state index in [9.17, 15) is 9.59 Å². The van der Waals surface area contributed by atoms with Crippen molar-refractivity contribution in [1.82, 2.24) is 4.90 Å². The normalized spacial score (nSPS) is 18.1. The van der Waals surface area contributed by atoms with Crippen LogP contribution in [0.4, 0.5) is 5.69 Å². The first kappa shape index (κ1) is 15.8. The van der Waals surface area contributed by atoms with E-state index in [4.69, 9.17) is 11.6 Å². The fraction of sp³-hybridized carbons (Fsp3) is 0.500. The molecule has 1 heterocycles. The molecule has 0 saturated carbocycles. The van der Waals surface area contributed by atoms with Crippen molar-refractivity contribution >= 4 is 29.1 Å². The van der Waals surface area contributed by atoms with Crippen LogP contribution in [-0.2, 0) is 9.59 Å². The van der Waals surface area contributed by atoms with E-state index in [0.717, 1.165) is 12.0 Å². The van der Waals surface area contributed by atoms with Crippen molar-refractivity contribution in [3.63, 3.8) is 0 Å². The Balaban J connectivity index is 2.10. The molecule has 0 aromatic heterocycles. The molecule has 1 saturated heterocycles. The lowest BCUT2D eigenvalue weighted by Gasteiger charge is -2.25. The minimum atomic E-state index is -0.391. The van der Waals surface area contributed by atoms with Gasteiger partial charge in [0, 0.05) is 12.5 Å². The number of likely N-dealkylation sites (tertiary alicyclic amines) is 1. The van der Waals surface area contributed by atoms with E-state index < -0.39 is 6.04 Å². The van der Waals surface area contributed by atoms with E-state index in [1.165, 1.54) is 0 Å². The fourth-order valence-corrected chi connectivity index (χ4v) is 2.85. The summed E-state index contributed by atoms with van der Waals surface area (Å²) in [6.07, 6.45) is 1.56. The maximum atomic E-state index is 12.4. The van der Waals surface area contributed by atoms with Gasteiger partial charge < -0.3 is 10.2 Å². The molecule has 2 amide bonds. The molecule has 1 unspecified atom stereocenters. The molecule has 1 aliphatic rings. The van der Waals surface area contributed by atoms with Crippen LogP contribution in [0.3, 0.4) is 0 Å². The van der Waals surface area contributed by atoms with Crippen LogP contribution in [-0.4, -0.2) is 29.3 Å². The highest BCUT2D eigenvalue weighted by Gasteiger charge is 2.35. The lowest BCUT2D eigenvalue weighted by molar-refractivity contribution is -0.139. The quantitative estimate of drug-likeness (QED) is 0.932. The lowest BCUT2D eigenvalue weighted by Crippen LogP contribution is -2.44. The van der Waals surface area contributed by atoms with Gasteiger partial charge in [-0.2, -0.15) is 0 Å². The maximum absolute atomic E-state index is 12.4. The Labute approximate surface area is 130 Å². The highest BCUT2D eigenvalue weighted by atomic mass is 35.5. The molecule has 0 bridgehead atoms. The van der Waals surface area contributed by atoms with Gasteiger partial charge in [-0.3, -0.25) is 9.59 Å². The van der Waals surface area contributed by atoms with E-state index in [1.54, 1.807) is 11.0 Å². The topological polar surface area (TPSA) is 49.4 Å². The Morgan fingerprint density at radius 2 is 2.10 bits per heavy atom. The Hall–Kier alpha value is -1.55. The van der Waals surface area contributed by atoms with Crippen molar-refractivity contribution in [1.29, 1.82) is 0 Å². The van der Waals surface area contributed by atoms with E-state index in [1.807, 2.05) is 32.9 Å². The molecule has 1 atom stereocenters. The molecule has 0 aliphatic carbocycles. The molecule has 1 aromatic carbocycles. The summed E-state index contributed by atoms with van der Waals surface area (Å²) in [5.41, 5.74) is 1.63. The van der Waals surface area contributed by atoms with Gasteiger partial charge in [0.2, 0.25) is 11.8 Å². The van der Waals surface area contributed by atoms with E-state index in [0.29, 0.717) is 23.7 Å². The number of aryl methyl sites for hydroxylation is 1. The minimum Gasteiger partial charge on any atom is -0.330 e. The number of anilines is 1. The number of carbonyl (C=O) groups is 2. The molecule has 5 heteroatoms. The van der Waals surface area contributed by atoms with Gasteiger partial charge in [-0.1, -0.05) is 31.5 Å². The summed E-state index contributed by atoms with van der Waals surface area (Å²) in [5, 5.41) is 3.36. The average molecular weight is 309 g/mol. The van der Waals surface area contributed by atoms with Crippen molar-refractivity contribution in [2.75, 3.05) is 11.9 Å². The minimum absolute atomic E-state index is 0.0302. The van der Waals surface area contributed by atoms with Gasteiger partial charge in [0.25, 0.3) is 0 Å². The fourth-order valence-electron chi connectivity index (χ4n) is 2.57. The van der Waals surface area contributed by atoms with Crippen molar-refractivity contribution in [2.24, 2.45) is 5.92 Å². The van der Waals surface area contributed by atoms with Gasteiger partial charge in [-0.15, -0.1) is 0 Å². The molecule has 1 aliphatic heterocycles. The predicted octanol–water partition coefficient (Wildman–Crippen LogP) is 3.23. The second-order valence-corrected chi connectivity index (χ2v) is 6.22. The largest absolute Gasteiger partial charge is 0.330 e. The number of nitrogens with zero attached hydrogens (tertiary/aromatic N) is 1. The van der Waals surface area contributed by atoms with Gasteiger partial charge >= 0.3 is 0 Å². The second kappa shape index (κ2) is 6.48. The first-order valence-corrected chi connectivity index (χ1v) is 7.65. The zero-order valence-corrected chi connectivity index (χ0v) is 13.4. The highest BCUT2D eigenvalue weighted by molar-refractivity contribution is 6.33. The maximum Gasteiger partial charge on any atom is 0.247 e. The number of hydrogen-bond donors (Lipinski definition) is 1. The summed E-state index contributed by atoms with van der Waals surface area (Å²) in [5.74, 6) is -0.226. The van der Waals surface area contributed by atoms with Crippen LogP contribution in [0.25, 0.3) is 0 Å². The Morgan fingerprint density at radius 1 is 1.38 bits per heavy atom. The van der Waals surface area contributed by atoms with E-state index in [-0.39, 0.29) is 17.7 Å². The van der Waals surface area contributed by atoms with Gasteiger partial charge in [0.1, 0.15) is 6.04 Å². The number of amides is 2. The molecule has 21 heavy (non-hydrogen) atoms. The first-order chi connectivity index (χ1) is 9.90. The van der Waals surface area contributed by atoms with Crippen LogP contribution in [0.1, 0.15) is 32.3 Å². The number of nitrogens with one attached hydrogen (secondary N) is 1. The predicted molar refractivity (Wildman–Crippen MR) is 84.4 cm³/mol. The monoisotopic (exact) mass is 308 g/mol. The second-order valence-electron chi connectivity index (χ2n) is 5.82. The zero-order valence-electron chi connectivity index (χ0n) is 12.6. The summed E-state index contributed by atoms with van der Waals surface area (Å²) in [6.45, 7) is 6.30. The van der Waals surface area contributed by atoms with Crippen LogP contribution in [0, 0.1) is 12.8 Å². The van der Waals surface area contributed by atoms with Crippen molar-refractivity contribution in [2.45, 2.75) is 39.7 Å². The molecule has 1 N–H and O–H groups in total. The van der Waals surface area contributed by atoms with Crippen LogP contribution in [0.2, 0.25) is 5.02 Å². The molecule has 1 fully saturated rings. The van der Waals surface area contributed by atoms with Gasteiger partial charge in [-0.25, -0.2) is 0 Å². The van der Waals surface area contributed by atoms with Crippen molar-refractivity contribution in [3.8, 4) is 0 Å². The first-order valence-electron chi connectivity index (χ1n) is 7.27. The van der Waals surface area contributed by atoms with E-state index >= 15 is 0 Å². The van der Waals surface area contributed by atoms with Crippen LogP contribution < -0.4 is 5.32 Å². The van der Waals surface area contributed by atoms with Crippen LogP contribution in [0.15, 0.2) is 18.2 Å². The number of carbonyl (C=O) groups excluding carboxylic acids is 2. The van der Waals surface area contributed by atoms with Crippen LogP contribution >= 0.6 is 11.6 Å². The van der Waals surface area contributed by atoms with Gasteiger partial charge in [-0.05, 0) is 37.5 Å². The SMILES string of the molecule is Cc1ccc(NC(=O)C2CCCN2C(=O)C(C)C)c(Cl)c1. The number of benzene rings is 1. The third kappa shape index (κ3) is 3.56. The number of hydrogen-bond acceptors (Lipinski definition) is 2. The Kier molecular flexibility index (Phi) is 4.88. The van der Waals surface area contributed by atoms with Gasteiger partial charge in [0.15, 0.2) is 0 Å². The summed E-state index contributed by atoms with van der Waals surface area (Å²) < 4.78 is 0. The standard InChI is InChI=1S/C16H21ClN2O2/c1-10(2)16(21)19-8-4-5-14(19)15(20)18-13-7-6-11(3)9-12(13)17/h6-7,9-10,14H,4-5,8H2,1-3H3,(H,18,20). The number of halogens is 1. The summed E-state index contributed by atoms with van der Waals surface area (Å²) in [7, 11) is 0. The molecular weight excluding hydrogens is 288 g/mol. The average Bonchev–Trinajstić information content (AvgIpc) is 2.90. The van der Waals surface area contributed by atoms with E-state index in [2.05, 4.69) is 5.32 Å². The number of rotatable bonds is 3. The summed E-state index contributed by atoms with van der Waals surface area (Å²) >= 11 is 6.13. The summed E-state index contributed by atoms with van der Waals surface area (Å²) in [6, 6.07) is 5.10. The zero-order chi connectivity index (χ0) is 15.6. The molecule has 4 nitrogen and oxygen atoms in total. The third-order valence-electron chi connectivity index (χ3n) is 3.71. The smallest absolute Gasteiger partial charge is 0.247 e. The molecular formula is C16H21ClN2O2.